The van der Waals surface area contributed by atoms with E-state index in [0.29, 0.717) is 55.4 Å². The normalized spacial score (nSPS) is 17.4. The maximum absolute atomic E-state index is 14.3. The van der Waals surface area contributed by atoms with E-state index in [1.807, 2.05) is 92.7 Å². The number of rotatable bonds is 18. The van der Waals surface area contributed by atoms with Crippen molar-refractivity contribution in [3.63, 3.8) is 0 Å². The first-order chi connectivity index (χ1) is 22.5. The minimum absolute atomic E-state index is 0.0503. The fourth-order valence-corrected chi connectivity index (χ4v) is 5.00. The van der Waals surface area contributed by atoms with Gasteiger partial charge in [-0.1, -0.05) is 71.9 Å². The van der Waals surface area contributed by atoms with Crippen LogP contribution in [0.1, 0.15) is 61.5 Å². The molecule has 1 aliphatic rings. The van der Waals surface area contributed by atoms with Gasteiger partial charge in [-0.3, -0.25) is 10.2 Å². The largest absolute Gasteiger partial charge is 0.494 e. The molecule has 3 aromatic carbocycles. The molecule has 2 atom stereocenters. The van der Waals surface area contributed by atoms with Gasteiger partial charge in [-0.05, 0) is 66.8 Å². The molecule has 0 radical (unpaired) electrons. The standard InChI is InChI=1S/C35H42N6O5/c1-26(2)44-23-9-21-37-40-34(43)35(20-8-13-27-11-4-3-5-12-27)32(31-15-7-6-14-29(31)25-38-41-36)46-33(39-35)28-16-18-30(19-17-28)45-24-10-22-42/h3-8,11-19,26,32,37,42H,9-10,20-25H2,1-2H3,(H,40,43)/b13-8+/t32-,35-/m0/s1. The topological polar surface area (TPSA) is 150 Å². The van der Waals surface area contributed by atoms with Gasteiger partial charge in [0.1, 0.15) is 5.75 Å². The SMILES string of the molecule is CC(C)OCCCNNC(=O)[C@@]1(C/C=C/c2ccccc2)N=C(c2ccc(OCCCO)cc2)O[C@H]1c1ccccc1CN=[N+]=[N-]. The first kappa shape index (κ1) is 34.2. The van der Waals surface area contributed by atoms with Gasteiger partial charge in [-0.15, -0.1) is 0 Å². The van der Waals surface area contributed by atoms with E-state index in [1.54, 1.807) is 12.1 Å². The van der Waals surface area contributed by atoms with Gasteiger partial charge in [-0.2, -0.15) is 0 Å². The Balaban J connectivity index is 1.71. The van der Waals surface area contributed by atoms with Crippen molar-refractivity contribution in [2.45, 2.75) is 57.4 Å². The molecule has 0 saturated carbocycles. The van der Waals surface area contributed by atoms with E-state index < -0.39 is 11.6 Å². The Labute approximate surface area is 269 Å². The van der Waals surface area contributed by atoms with Gasteiger partial charge in [0.25, 0.3) is 5.91 Å². The van der Waals surface area contributed by atoms with Crippen LogP contribution >= 0.6 is 0 Å². The summed E-state index contributed by atoms with van der Waals surface area (Å²) in [6, 6.07) is 24.6. The Morgan fingerprint density at radius 1 is 1.09 bits per heavy atom. The number of nitrogens with one attached hydrogen (secondary N) is 2. The lowest BCUT2D eigenvalue weighted by Gasteiger charge is -2.31. The number of carbonyl (C=O) groups is 1. The van der Waals surface area contributed by atoms with Gasteiger partial charge in [0.05, 0.1) is 19.3 Å². The van der Waals surface area contributed by atoms with E-state index in [1.165, 1.54) is 0 Å². The maximum atomic E-state index is 14.3. The van der Waals surface area contributed by atoms with E-state index in [4.69, 9.17) is 29.8 Å². The van der Waals surface area contributed by atoms with Crippen LogP contribution in [-0.4, -0.2) is 54.9 Å². The second-order valence-electron chi connectivity index (χ2n) is 11.0. The highest BCUT2D eigenvalue weighted by atomic mass is 16.5. The third-order valence-electron chi connectivity index (χ3n) is 7.31. The summed E-state index contributed by atoms with van der Waals surface area (Å²) < 4.78 is 17.9. The van der Waals surface area contributed by atoms with Crippen molar-refractivity contribution in [3.05, 3.63) is 118 Å². The van der Waals surface area contributed by atoms with Crippen LogP contribution in [0.5, 0.6) is 5.75 Å². The number of hydrazine groups is 1. The van der Waals surface area contributed by atoms with Crippen molar-refractivity contribution in [2.24, 2.45) is 10.1 Å². The lowest BCUT2D eigenvalue weighted by molar-refractivity contribution is -0.129. The number of amides is 1. The summed E-state index contributed by atoms with van der Waals surface area (Å²) in [7, 11) is 0. The van der Waals surface area contributed by atoms with Crippen LogP contribution in [0.3, 0.4) is 0 Å². The lowest BCUT2D eigenvalue weighted by Crippen LogP contribution is -2.52. The molecule has 242 valence electrons. The van der Waals surface area contributed by atoms with Crippen LogP contribution < -0.4 is 15.6 Å². The average Bonchev–Trinajstić information content (AvgIpc) is 3.46. The second kappa shape index (κ2) is 17.7. The second-order valence-corrected chi connectivity index (χ2v) is 11.0. The predicted octanol–water partition coefficient (Wildman–Crippen LogP) is 6.05. The Hall–Kier alpha value is -4.67. The number of aliphatic imine (C=N–C) groups is 1. The zero-order chi connectivity index (χ0) is 32.6. The van der Waals surface area contributed by atoms with Gasteiger partial charge in [0.2, 0.25) is 5.90 Å². The Bertz CT molecular complexity index is 1510. The van der Waals surface area contributed by atoms with Crippen LogP contribution in [0.2, 0.25) is 0 Å². The van der Waals surface area contributed by atoms with Gasteiger partial charge in [0, 0.05) is 43.1 Å². The Kier molecular flexibility index (Phi) is 13.2. The Morgan fingerprint density at radius 2 is 1.85 bits per heavy atom. The highest BCUT2D eigenvalue weighted by Gasteiger charge is 2.53. The summed E-state index contributed by atoms with van der Waals surface area (Å²) in [4.78, 5) is 22.3. The van der Waals surface area contributed by atoms with Crippen molar-refractivity contribution in [3.8, 4) is 5.75 Å². The molecule has 4 rings (SSSR count). The molecular formula is C35H42N6O5. The molecule has 1 amide bonds. The number of aliphatic hydroxyl groups excluding tert-OH is 1. The van der Waals surface area contributed by atoms with Gasteiger partial charge in [0.15, 0.2) is 11.6 Å². The highest BCUT2D eigenvalue weighted by Crippen LogP contribution is 2.44. The quantitative estimate of drug-likeness (QED) is 0.0514. The van der Waals surface area contributed by atoms with E-state index in [2.05, 4.69) is 20.9 Å². The summed E-state index contributed by atoms with van der Waals surface area (Å²) in [5, 5.41) is 12.9. The average molecular weight is 627 g/mol. The fraction of sp³-hybridized carbons (Fsp3) is 0.371. The number of azide groups is 1. The summed E-state index contributed by atoms with van der Waals surface area (Å²) in [5.74, 6) is 0.587. The summed E-state index contributed by atoms with van der Waals surface area (Å²) in [5.41, 5.74) is 16.7. The van der Waals surface area contributed by atoms with Gasteiger partial charge < -0.3 is 19.3 Å². The first-order valence-electron chi connectivity index (χ1n) is 15.5. The van der Waals surface area contributed by atoms with Gasteiger partial charge >= 0.3 is 0 Å². The number of benzene rings is 3. The molecule has 3 N–H and O–H groups in total. The minimum atomic E-state index is -1.41. The molecule has 46 heavy (non-hydrogen) atoms. The molecule has 0 unspecified atom stereocenters. The lowest BCUT2D eigenvalue weighted by atomic mass is 9.82. The minimum Gasteiger partial charge on any atom is -0.494 e. The third kappa shape index (κ3) is 9.42. The van der Waals surface area contributed by atoms with Gasteiger partial charge in [-0.25, -0.2) is 10.4 Å². The van der Waals surface area contributed by atoms with Crippen molar-refractivity contribution >= 4 is 17.9 Å². The number of carbonyl (C=O) groups excluding carboxylic acids is 1. The summed E-state index contributed by atoms with van der Waals surface area (Å²) >= 11 is 0. The zero-order valence-electron chi connectivity index (χ0n) is 26.3. The molecule has 0 bridgehead atoms. The summed E-state index contributed by atoms with van der Waals surface area (Å²) in [6.07, 6.45) is 4.64. The Morgan fingerprint density at radius 3 is 2.59 bits per heavy atom. The molecule has 0 fully saturated rings. The smallest absolute Gasteiger partial charge is 0.266 e. The van der Waals surface area contributed by atoms with E-state index in [-0.39, 0.29) is 31.6 Å². The van der Waals surface area contributed by atoms with Crippen LogP contribution in [0.25, 0.3) is 16.5 Å². The fourth-order valence-electron chi connectivity index (χ4n) is 5.00. The van der Waals surface area contributed by atoms with Crippen LogP contribution in [0.4, 0.5) is 0 Å². The predicted molar refractivity (Wildman–Crippen MR) is 178 cm³/mol. The molecular weight excluding hydrogens is 584 g/mol. The van der Waals surface area contributed by atoms with E-state index in [0.717, 1.165) is 11.1 Å². The van der Waals surface area contributed by atoms with Crippen LogP contribution in [0.15, 0.2) is 95.0 Å². The molecule has 0 aromatic heterocycles. The number of aliphatic hydroxyl groups is 1. The van der Waals surface area contributed by atoms with E-state index in [9.17, 15) is 4.79 Å². The molecule has 0 spiro atoms. The van der Waals surface area contributed by atoms with Crippen molar-refractivity contribution in [2.75, 3.05) is 26.4 Å². The molecule has 1 heterocycles. The molecule has 3 aromatic rings. The van der Waals surface area contributed by atoms with Crippen LogP contribution in [-0.2, 0) is 20.8 Å². The number of nitrogens with zero attached hydrogens (tertiary/aromatic N) is 4. The molecule has 11 heteroatoms. The number of hydrogen-bond acceptors (Lipinski definition) is 8. The monoisotopic (exact) mass is 626 g/mol. The zero-order valence-corrected chi connectivity index (χ0v) is 26.3. The molecule has 0 aliphatic carbocycles. The van der Waals surface area contributed by atoms with Crippen molar-refractivity contribution in [1.82, 2.24) is 10.9 Å². The summed E-state index contributed by atoms with van der Waals surface area (Å²) in [6.45, 7) is 5.56. The number of ether oxygens (including phenoxy) is 3. The highest BCUT2D eigenvalue weighted by molar-refractivity contribution is 6.01. The van der Waals surface area contributed by atoms with Crippen molar-refractivity contribution in [1.29, 1.82) is 0 Å². The molecule has 11 nitrogen and oxygen atoms in total. The van der Waals surface area contributed by atoms with Crippen LogP contribution in [0, 0.1) is 0 Å². The maximum Gasteiger partial charge on any atom is 0.266 e. The van der Waals surface area contributed by atoms with E-state index >= 15 is 0 Å². The molecule has 1 aliphatic heterocycles. The number of hydrogen-bond donors (Lipinski definition) is 3. The third-order valence-corrected chi connectivity index (χ3v) is 7.31. The first-order valence-corrected chi connectivity index (χ1v) is 15.5. The van der Waals surface area contributed by atoms with Crippen molar-refractivity contribution < 1.29 is 24.1 Å². The molecule has 0 saturated heterocycles.